The lowest BCUT2D eigenvalue weighted by Crippen LogP contribution is -2.49. The Kier molecular flexibility index (Phi) is 6.78. The van der Waals surface area contributed by atoms with Crippen LogP contribution in [0, 0.1) is 6.92 Å². The van der Waals surface area contributed by atoms with Crippen molar-refractivity contribution < 1.29 is 4.79 Å². The first kappa shape index (κ1) is 26.2. The Hall–Kier alpha value is -3.71. The number of nitrogen functional groups attached to an aromatic ring is 1. The van der Waals surface area contributed by atoms with Gasteiger partial charge in [0.2, 0.25) is 0 Å². The molecule has 3 saturated heterocycles. The van der Waals surface area contributed by atoms with Gasteiger partial charge in [-0.15, -0.1) is 0 Å². The number of hydrogen-bond acceptors (Lipinski definition) is 5. The molecule has 212 valence electrons. The van der Waals surface area contributed by atoms with Crippen molar-refractivity contribution in [2.45, 2.75) is 75.4 Å². The van der Waals surface area contributed by atoms with Gasteiger partial charge in [-0.3, -0.25) is 9.69 Å². The summed E-state index contributed by atoms with van der Waals surface area (Å²) in [6.45, 7) is 4.76. The average molecular weight is 549 g/mol. The summed E-state index contributed by atoms with van der Waals surface area (Å²) >= 11 is 0. The van der Waals surface area contributed by atoms with Gasteiger partial charge in [-0.2, -0.15) is 0 Å². The number of para-hydroxylation sites is 2. The van der Waals surface area contributed by atoms with Gasteiger partial charge in [0.1, 0.15) is 11.6 Å². The van der Waals surface area contributed by atoms with Crippen LogP contribution < -0.4 is 5.73 Å². The Balaban J connectivity index is 1.07. The molecular weight excluding hydrogens is 508 g/mol. The number of pyridine rings is 1. The zero-order valence-corrected chi connectivity index (χ0v) is 24.0. The zero-order chi connectivity index (χ0) is 28.0. The number of nitrogens with zero attached hydrogens (tertiary/aromatic N) is 5. The van der Waals surface area contributed by atoms with Crippen LogP contribution >= 0.6 is 0 Å². The van der Waals surface area contributed by atoms with Crippen LogP contribution in [0.25, 0.3) is 11.0 Å². The predicted octanol–water partition coefficient (Wildman–Crippen LogP) is 5.75. The summed E-state index contributed by atoms with van der Waals surface area (Å²) in [7, 11) is 0. The molecule has 4 aromatic rings. The quantitative estimate of drug-likeness (QED) is 0.332. The van der Waals surface area contributed by atoms with Crippen molar-refractivity contribution in [3.8, 4) is 0 Å². The maximum atomic E-state index is 13.3. The molecule has 7 nitrogen and oxygen atoms in total. The summed E-state index contributed by atoms with van der Waals surface area (Å²) < 4.78 is 2.52. The lowest BCUT2D eigenvalue weighted by Gasteiger charge is -2.45. The van der Waals surface area contributed by atoms with Gasteiger partial charge in [0, 0.05) is 37.4 Å². The topological polar surface area (TPSA) is 80.3 Å². The molecule has 1 amide bonds. The lowest BCUT2D eigenvalue weighted by molar-refractivity contribution is 0.0607. The molecule has 0 aliphatic carbocycles. The third-order valence-corrected chi connectivity index (χ3v) is 10.3. The fourth-order valence-electron chi connectivity index (χ4n) is 8.17. The minimum Gasteiger partial charge on any atom is -0.383 e. The Morgan fingerprint density at radius 1 is 0.927 bits per heavy atom. The number of carbonyl (C=O) groups excluding carboxylic acids is 1. The van der Waals surface area contributed by atoms with Crippen LogP contribution in [0.15, 0.2) is 72.9 Å². The highest BCUT2D eigenvalue weighted by atomic mass is 16.2. The third-order valence-electron chi connectivity index (χ3n) is 10.3. The molecule has 7 heteroatoms. The van der Waals surface area contributed by atoms with Crippen LogP contribution in [0.2, 0.25) is 0 Å². The second kappa shape index (κ2) is 10.6. The normalized spacial score (nSPS) is 24.1. The van der Waals surface area contributed by atoms with Crippen LogP contribution in [-0.4, -0.2) is 62.0 Å². The number of aromatic nitrogens is 3. The van der Waals surface area contributed by atoms with E-state index in [1.54, 1.807) is 18.3 Å². The molecule has 0 saturated carbocycles. The van der Waals surface area contributed by atoms with E-state index in [1.807, 2.05) is 4.90 Å². The third kappa shape index (κ3) is 4.70. The second-order valence-corrected chi connectivity index (χ2v) is 12.4. The number of fused-ring (bicyclic) bond motifs is 3. The molecule has 2 aromatic heterocycles. The van der Waals surface area contributed by atoms with Crippen molar-refractivity contribution in [1.82, 2.24) is 24.3 Å². The van der Waals surface area contributed by atoms with E-state index in [-0.39, 0.29) is 11.3 Å². The smallest absolute Gasteiger partial charge is 0.257 e. The maximum absolute atomic E-state index is 13.3. The van der Waals surface area contributed by atoms with Gasteiger partial charge in [-0.25, -0.2) is 9.97 Å². The Morgan fingerprint density at radius 3 is 2.37 bits per heavy atom. The Bertz CT molecular complexity index is 1530. The number of benzene rings is 2. The Morgan fingerprint density at radius 2 is 1.63 bits per heavy atom. The number of nitrogens with two attached hydrogens (primary N) is 1. The van der Waals surface area contributed by atoms with E-state index >= 15 is 0 Å². The molecule has 5 heterocycles. The number of carbonyl (C=O) groups is 1. The fraction of sp³-hybridized carbons (Fsp3) is 0.441. The fourth-order valence-corrected chi connectivity index (χ4v) is 8.17. The lowest BCUT2D eigenvalue weighted by atomic mass is 9.70. The minimum atomic E-state index is -0.000280. The van der Waals surface area contributed by atoms with Crippen molar-refractivity contribution in [3.05, 3.63) is 89.9 Å². The molecule has 3 aliphatic rings. The summed E-state index contributed by atoms with van der Waals surface area (Å²) in [4.78, 5) is 27.1. The van der Waals surface area contributed by atoms with Gasteiger partial charge in [0.25, 0.3) is 5.91 Å². The molecule has 3 atom stereocenters. The van der Waals surface area contributed by atoms with E-state index < -0.39 is 0 Å². The average Bonchev–Trinajstić information content (AvgIpc) is 3.47. The number of amides is 1. The van der Waals surface area contributed by atoms with Crippen molar-refractivity contribution >= 4 is 22.8 Å². The Labute approximate surface area is 242 Å². The molecule has 3 fully saturated rings. The molecule has 0 radical (unpaired) electrons. The summed E-state index contributed by atoms with van der Waals surface area (Å²) in [5.41, 5.74) is 10.4. The molecular formula is C34H40N6O. The van der Waals surface area contributed by atoms with Gasteiger partial charge < -0.3 is 15.2 Å². The monoisotopic (exact) mass is 548 g/mol. The van der Waals surface area contributed by atoms with E-state index in [4.69, 9.17) is 10.7 Å². The largest absolute Gasteiger partial charge is 0.383 e. The SMILES string of the molecule is Cc1nc2ccccc2n1[C@H]1C[C@H]2CC[C@@H](C1)N2CCC1(c2ccccc2)CCN(C(=O)c2cccnc2N)CC1. The number of aryl methyl sites for hydroxylation is 1. The van der Waals surface area contributed by atoms with Crippen molar-refractivity contribution in [3.63, 3.8) is 0 Å². The van der Waals surface area contributed by atoms with Gasteiger partial charge in [0.05, 0.1) is 16.6 Å². The highest BCUT2D eigenvalue weighted by Crippen LogP contribution is 2.45. The van der Waals surface area contributed by atoms with Crippen molar-refractivity contribution in [2.75, 3.05) is 25.4 Å². The number of likely N-dealkylation sites (tertiary alicyclic amines) is 1. The number of anilines is 1. The standard InChI is InChI=1S/C34H40N6O/c1-24-37-30-11-5-6-12-31(30)40(24)28-22-26-13-14-27(23-28)39(26)21-17-34(25-8-3-2-4-9-25)15-19-38(20-16-34)33(41)29-10-7-18-36-32(29)35/h2-12,18,26-28H,13-17,19-23H2,1H3,(H2,35,36)/t26-,27+,28+. The van der Waals surface area contributed by atoms with Gasteiger partial charge >= 0.3 is 0 Å². The first-order valence-corrected chi connectivity index (χ1v) is 15.3. The van der Waals surface area contributed by atoms with Crippen LogP contribution in [0.1, 0.15) is 72.7 Å². The minimum absolute atomic E-state index is 0.000280. The highest BCUT2D eigenvalue weighted by Gasteiger charge is 2.44. The molecule has 2 bridgehead atoms. The highest BCUT2D eigenvalue weighted by molar-refractivity contribution is 5.98. The number of hydrogen-bond donors (Lipinski definition) is 1. The van der Waals surface area contributed by atoms with Crippen LogP contribution in [-0.2, 0) is 5.41 Å². The van der Waals surface area contributed by atoms with Gasteiger partial charge in [-0.1, -0.05) is 42.5 Å². The van der Waals surface area contributed by atoms with E-state index in [1.165, 1.54) is 36.8 Å². The summed E-state index contributed by atoms with van der Waals surface area (Å²) in [5.74, 6) is 1.45. The number of imidazole rings is 1. The van der Waals surface area contributed by atoms with Crippen molar-refractivity contribution in [1.29, 1.82) is 0 Å². The molecule has 2 N–H and O–H groups in total. The molecule has 3 aliphatic heterocycles. The van der Waals surface area contributed by atoms with Gasteiger partial charge in [0.15, 0.2) is 0 Å². The molecule has 0 spiro atoms. The van der Waals surface area contributed by atoms with Crippen LogP contribution in [0.5, 0.6) is 0 Å². The number of piperidine rings is 2. The van der Waals surface area contributed by atoms with E-state index in [9.17, 15) is 4.79 Å². The second-order valence-electron chi connectivity index (χ2n) is 12.4. The van der Waals surface area contributed by atoms with E-state index in [0.717, 1.165) is 50.2 Å². The first-order chi connectivity index (χ1) is 20.0. The van der Waals surface area contributed by atoms with Gasteiger partial charge in [-0.05, 0) is 93.7 Å². The first-order valence-electron chi connectivity index (χ1n) is 15.3. The molecule has 41 heavy (non-hydrogen) atoms. The summed E-state index contributed by atoms with van der Waals surface area (Å²) in [5, 5.41) is 0. The van der Waals surface area contributed by atoms with E-state index in [2.05, 4.69) is 76.0 Å². The molecule has 2 aromatic carbocycles. The van der Waals surface area contributed by atoms with Crippen LogP contribution in [0.4, 0.5) is 5.82 Å². The summed E-state index contributed by atoms with van der Waals surface area (Å²) in [6.07, 6.45) is 9.68. The maximum Gasteiger partial charge on any atom is 0.257 e. The summed E-state index contributed by atoms with van der Waals surface area (Å²) in [6, 6.07) is 25.0. The predicted molar refractivity (Wildman–Crippen MR) is 163 cm³/mol. The molecule has 7 rings (SSSR count). The zero-order valence-electron chi connectivity index (χ0n) is 24.0. The molecule has 0 unspecified atom stereocenters. The van der Waals surface area contributed by atoms with E-state index in [0.29, 0.717) is 29.5 Å². The van der Waals surface area contributed by atoms with Crippen molar-refractivity contribution in [2.24, 2.45) is 0 Å². The number of rotatable bonds is 6. The van der Waals surface area contributed by atoms with Crippen LogP contribution in [0.3, 0.4) is 0 Å².